The minimum absolute atomic E-state index is 0.0432. The lowest BCUT2D eigenvalue weighted by Crippen LogP contribution is -2.48. The van der Waals surface area contributed by atoms with Crippen molar-refractivity contribution in [2.75, 3.05) is 5.32 Å². The maximum atomic E-state index is 14.2. The van der Waals surface area contributed by atoms with Crippen LogP contribution in [0.2, 0.25) is 0 Å². The molecule has 1 unspecified atom stereocenters. The zero-order valence-electron chi connectivity index (χ0n) is 15.9. The van der Waals surface area contributed by atoms with Gasteiger partial charge in [0, 0.05) is 18.8 Å². The molecule has 1 aliphatic rings. The molecule has 0 fully saturated rings. The first-order valence-corrected chi connectivity index (χ1v) is 11.0. The zero-order valence-corrected chi connectivity index (χ0v) is 18.3. The summed E-state index contributed by atoms with van der Waals surface area (Å²) in [7, 11) is -2.48. The van der Waals surface area contributed by atoms with Crippen molar-refractivity contribution < 1.29 is 27.1 Å². The highest BCUT2D eigenvalue weighted by Crippen LogP contribution is 2.31. The van der Waals surface area contributed by atoms with Crippen molar-refractivity contribution in [3.8, 4) is 0 Å². The van der Waals surface area contributed by atoms with Crippen LogP contribution in [0.25, 0.3) is 0 Å². The fourth-order valence-electron chi connectivity index (χ4n) is 3.32. The third-order valence-corrected chi connectivity index (χ3v) is 7.12. The highest BCUT2D eigenvalue weighted by Gasteiger charge is 2.38. The largest absolute Gasteiger partial charge is 0.389 e. The van der Waals surface area contributed by atoms with Crippen molar-refractivity contribution in [3.05, 3.63) is 45.7 Å². The summed E-state index contributed by atoms with van der Waals surface area (Å²) in [5, 5.41) is 12.6. The van der Waals surface area contributed by atoms with Crippen molar-refractivity contribution in [3.63, 3.8) is 0 Å². The molecule has 2 aromatic rings. The number of amides is 1. The maximum absolute atomic E-state index is 14.2. The van der Waals surface area contributed by atoms with Gasteiger partial charge in [0.15, 0.2) is 5.82 Å². The Morgan fingerprint density at radius 3 is 2.66 bits per heavy atom. The maximum Gasteiger partial charge on any atom is 0.272 e. The number of hydrogen-bond acceptors (Lipinski definition) is 4. The summed E-state index contributed by atoms with van der Waals surface area (Å²) >= 11 is 2.78. The van der Waals surface area contributed by atoms with Gasteiger partial charge in [-0.15, -0.1) is 0 Å². The number of sulfonamides is 1. The zero-order chi connectivity index (χ0) is 21.7. The van der Waals surface area contributed by atoms with E-state index < -0.39 is 43.7 Å². The molecule has 1 atom stereocenters. The van der Waals surface area contributed by atoms with Crippen LogP contribution < -0.4 is 10.0 Å². The number of anilines is 1. The Morgan fingerprint density at radius 1 is 1.38 bits per heavy atom. The lowest BCUT2D eigenvalue weighted by Gasteiger charge is -2.28. The normalized spacial score (nSPS) is 18.8. The number of benzene rings is 1. The molecule has 0 saturated carbocycles. The predicted molar refractivity (Wildman–Crippen MR) is 106 cm³/mol. The van der Waals surface area contributed by atoms with Crippen molar-refractivity contribution in [2.24, 2.45) is 7.05 Å². The molecule has 29 heavy (non-hydrogen) atoms. The lowest BCUT2D eigenvalue weighted by atomic mass is 9.93. The molecule has 3 rings (SSSR count). The van der Waals surface area contributed by atoms with Gasteiger partial charge in [-0.25, -0.2) is 21.9 Å². The Hall–Kier alpha value is -1.82. The van der Waals surface area contributed by atoms with Crippen molar-refractivity contribution in [1.29, 1.82) is 0 Å². The summed E-state index contributed by atoms with van der Waals surface area (Å²) in [4.78, 5) is 12.8. The van der Waals surface area contributed by atoms with Gasteiger partial charge in [-0.3, -0.25) is 4.79 Å². The van der Waals surface area contributed by atoms with Gasteiger partial charge in [0.05, 0.1) is 21.8 Å². The molecule has 0 saturated heterocycles. The first-order chi connectivity index (χ1) is 13.3. The number of halogens is 3. The van der Waals surface area contributed by atoms with E-state index in [0.29, 0.717) is 0 Å². The highest BCUT2D eigenvalue weighted by atomic mass is 79.9. The molecule has 1 amide bonds. The van der Waals surface area contributed by atoms with E-state index in [2.05, 4.69) is 26.0 Å². The number of nitrogens with one attached hydrogen (secondary N) is 2. The summed E-state index contributed by atoms with van der Waals surface area (Å²) < 4.78 is 56.6. The fraction of sp³-hybridized carbons (Fsp3) is 0.389. The topological polar surface area (TPSA) is 100 Å². The standard InChI is InChI=1S/C18H20BrF2N3O4S/c1-18(2,26)13-7-4-9-12(29(27,28)23-13)8-24(3)16(9)17(25)22-11-6-5-10(20)14(19)15(11)21/h5-6,8,13,23,26H,4,7H2,1-3H3,(H,22,25). The van der Waals surface area contributed by atoms with Crippen LogP contribution in [0.1, 0.15) is 36.3 Å². The monoisotopic (exact) mass is 491 g/mol. The molecule has 7 nitrogen and oxygen atoms in total. The minimum Gasteiger partial charge on any atom is -0.389 e. The van der Waals surface area contributed by atoms with Crippen LogP contribution in [0.3, 0.4) is 0 Å². The van der Waals surface area contributed by atoms with Crippen LogP contribution in [0.4, 0.5) is 14.5 Å². The summed E-state index contributed by atoms with van der Waals surface area (Å²) in [6.07, 6.45) is 1.77. The highest BCUT2D eigenvalue weighted by molar-refractivity contribution is 9.10. The Morgan fingerprint density at radius 2 is 2.03 bits per heavy atom. The molecule has 0 radical (unpaired) electrons. The van der Waals surface area contributed by atoms with Gasteiger partial charge in [-0.2, -0.15) is 0 Å². The number of fused-ring (bicyclic) bond motifs is 1. The molecule has 1 aromatic carbocycles. The quantitative estimate of drug-likeness (QED) is 0.574. The third-order valence-electron chi connectivity index (χ3n) is 4.87. The Balaban J connectivity index is 2.01. The molecule has 11 heteroatoms. The Bertz CT molecular complexity index is 1090. The summed E-state index contributed by atoms with van der Waals surface area (Å²) in [6, 6.07) is 1.33. The molecule has 1 aliphatic heterocycles. The van der Waals surface area contributed by atoms with E-state index in [1.54, 1.807) is 0 Å². The summed E-state index contributed by atoms with van der Waals surface area (Å²) in [6.45, 7) is 3.00. The second-order valence-corrected chi connectivity index (χ2v) is 9.95. The Kier molecular flexibility index (Phi) is 5.63. The summed E-state index contributed by atoms with van der Waals surface area (Å²) in [5.74, 6) is -2.53. The molecule has 158 valence electrons. The van der Waals surface area contributed by atoms with Gasteiger partial charge >= 0.3 is 0 Å². The molecule has 3 N–H and O–H groups in total. The number of aliphatic hydroxyl groups is 1. The van der Waals surface area contributed by atoms with E-state index in [-0.39, 0.29) is 34.7 Å². The molecule has 1 aromatic heterocycles. The average molecular weight is 492 g/mol. The molecular weight excluding hydrogens is 472 g/mol. The lowest BCUT2D eigenvalue weighted by molar-refractivity contribution is 0.0434. The van der Waals surface area contributed by atoms with E-state index in [4.69, 9.17) is 0 Å². The predicted octanol–water partition coefficient (Wildman–Crippen LogP) is 2.68. The molecule has 0 bridgehead atoms. The number of rotatable bonds is 3. The first kappa shape index (κ1) is 21.9. The van der Waals surface area contributed by atoms with E-state index >= 15 is 0 Å². The fourth-order valence-corrected chi connectivity index (χ4v) is 5.39. The Labute approximate surface area is 175 Å². The van der Waals surface area contributed by atoms with E-state index in [9.17, 15) is 27.1 Å². The summed E-state index contributed by atoms with van der Waals surface area (Å²) in [5.41, 5.74) is -1.24. The van der Waals surface area contributed by atoms with Gasteiger partial charge in [0.1, 0.15) is 16.4 Å². The van der Waals surface area contributed by atoms with Gasteiger partial charge < -0.3 is 15.0 Å². The number of aryl methyl sites for hydroxylation is 1. The first-order valence-electron chi connectivity index (χ1n) is 8.70. The third kappa shape index (κ3) is 4.09. The number of hydrogen-bond donors (Lipinski definition) is 3. The van der Waals surface area contributed by atoms with Crippen molar-refractivity contribution >= 4 is 37.5 Å². The number of aromatic nitrogens is 1. The molecule has 2 heterocycles. The van der Waals surface area contributed by atoms with Crippen LogP contribution in [-0.2, 0) is 23.5 Å². The molecular formula is C18H20BrF2N3O4S. The van der Waals surface area contributed by atoms with E-state index in [0.717, 1.165) is 12.1 Å². The van der Waals surface area contributed by atoms with Gasteiger partial charge in [0.25, 0.3) is 5.91 Å². The van der Waals surface area contributed by atoms with Crippen LogP contribution >= 0.6 is 15.9 Å². The minimum atomic E-state index is -3.98. The second kappa shape index (κ2) is 7.46. The van der Waals surface area contributed by atoms with Crippen LogP contribution in [0, 0.1) is 11.6 Å². The van der Waals surface area contributed by atoms with Crippen LogP contribution in [0.5, 0.6) is 0 Å². The van der Waals surface area contributed by atoms with Gasteiger partial charge in [-0.05, 0) is 54.8 Å². The van der Waals surface area contributed by atoms with Gasteiger partial charge in [-0.1, -0.05) is 0 Å². The SMILES string of the molecule is Cn1cc2c(c1C(=O)Nc1ccc(F)c(Br)c1F)CCC(C(C)(C)O)NS2(=O)=O. The van der Waals surface area contributed by atoms with Crippen molar-refractivity contribution in [1.82, 2.24) is 9.29 Å². The van der Waals surface area contributed by atoms with Crippen LogP contribution in [-0.4, -0.2) is 35.6 Å². The smallest absolute Gasteiger partial charge is 0.272 e. The number of carbonyl (C=O) groups excluding carboxylic acids is 1. The molecule has 0 spiro atoms. The average Bonchev–Trinajstić information content (AvgIpc) is 2.88. The number of carbonyl (C=O) groups is 1. The van der Waals surface area contributed by atoms with E-state index in [1.807, 2.05) is 0 Å². The molecule has 0 aliphatic carbocycles. The van der Waals surface area contributed by atoms with Gasteiger partial charge in [0.2, 0.25) is 10.0 Å². The number of nitrogens with zero attached hydrogens (tertiary/aromatic N) is 1. The second-order valence-electron chi connectivity index (χ2n) is 7.47. The van der Waals surface area contributed by atoms with Crippen LogP contribution in [0.15, 0.2) is 27.7 Å². The van der Waals surface area contributed by atoms with E-state index in [1.165, 1.54) is 31.7 Å². The van der Waals surface area contributed by atoms with Crippen molar-refractivity contribution in [2.45, 2.75) is 43.2 Å².